The molecule has 0 saturated carbocycles. The Bertz CT molecular complexity index is 1100. The zero-order chi connectivity index (χ0) is 25.2. The maximum Gasteiger partial charge on any atom is 0.325 e. The molecule has 2 fully saturated rings. The van der Waals surface area contributed by atoms with Crippen LogP contribution in [0.4, 0.5) is 9.18 Å². The van der Waals surface area contributed by atoms with Crippen molar-refractivity contribution < 1.29 is 23.5 Å². The van der Waals surface area contributed by atoms with Crippen molar-refractivity contribution >= 4 is 17.8 Å². The summed E-state index contributed by atoms with van der Waals surface area (Å²) in [5, 5.41) is 10.0. The molecule has 4 rings (SSSR count). The van der Waals surface area contributed by atoms with Crippen LogP contribution < -0.4 is 5.32 Å². The molecule has 0 radical (unpaired) electrons. The van der Waals surface area contributed by atoms with Gasteiger partial charge < -0.3 is 15.0 Å². The summed E-state index contributed by atoms with van der Waals surface area (Å²) in [6, 6.07) is 7.39. The molecule has 2 aromatic rings. The Morgan fingerprint density at radius 2 is 2.00 bits per heavy atom. The molecule has 2 aliphatic rings. The summed E-state index contributed by atoms with van der Waals surface area (Å²) in [6.07, 6.45) is 1.22. The quantitative estimate of drug-likeness (QED) is 0.559. The second kappa shape index (κ2) is 10.2. The van der Waals surface area contributed by atoms with E-state index in [1.807, 2.05) is 13.8 Å². The number of H-pyrrole nitrogens is 1. The second-order valence-electron chi connectivity index (χ2n) is 9.59. The standard InChI is InChI=1S/C25H32FN5O4/c1-16(2)20-14-21(29-28-20)22(32)30-9-7-18(8-10-30)25(15-17-5-4-6-19(26)13-17)23(33)31(11-12-35-3)24(34)27-25/h4-6,13-14,16,18H,7-12,15H2,1-3H3,(H,27,34)(H,28,29)/t25-/m0/s1. The molecule has 0 bridgehead atoms. The van der Waals surface area contributed by atoms with Gasteiger partial charge in [0.25, 0.3) is 11.8 Å². The third-order valence-electron chi connectivity index (χ3n) is 7.01. The summed E-state index contributed by atoms with van der Waals surface area (Å²) in [5.74, 6) is -0.873. The van der Waals surface area contributed by atoms with E-state index in [9.17, 15) is 18.8 Å². The van der Waals surface area contributed by atoms with E-state index in [1.54, 1.807) is 23.1 Å². The van der Waals surface area contributed by atoms with Crippen LogP contribution in [-0.4, -0.2) is 76.7 Å². The predicted octanol–water partition coefficient (Wildman–Crippen LogP) is 2.70. The van der Waals surface area contributed by atoms with E-state index in [2.05, 4.69) is 15.5 Å². The van der Waals surface area contributed by atoms with Gasteiger partial charge in [0.2, 0.25) is 0 Å². The van der Waals surface area contributed by atoms with Crippen LogP contribution in [0.15, 0.2) is 30.3 Å². The molecule has 2 aliphatic heterocycles. The number of methoxy groups -OCH3 is 1. The number of aromatic amines is 1. The first-order chi connectivity index (χ1) is 16.7. The minimum Gasteiger partial charge on any atom is -0.383 e. The van der Waals surface area contributed by atoms with E-state index in [-0.39, 0.29) is 43.2 Å². The van der Waals surface area contributed by atoms with Crippen molar-refractivity contribution in [2.45, 2.75) is 44.6 Å². The number of hydrogen-bond acceptors (Lipinski definition) is 5. The maximum atomic E-state index is 13.9. The van der Waals surface area contributed by atoms with Gasteiger partial charge in [-0.2, -0.15) is 5.10 Å². The van der Waals surface area contributed by atoms with Crippen LogP contribution in [0.2, 0.25) is 0 Å². The summed E-state index contributed by atoms with van der Waals surface area (Å²) in [6.45, 7) is 5.27. The Kier molecular flexibility index (Phi) is 7.20. The number of aromatic nitrogens is 2. The highest BCUT2D eigenvalue weighted by Gasteiger charge is 2.56. The molecule has 188 valence electrons. The number of benzene rings is 1. The number of piperidine rings is 1. The Hall–Kier alpha value is -3.27. The smallest absolute Gasteiger partial charge is 0.325 e. The van der Waals surface area contributed by atoms with Crippen molar-refractivity contribution in [1.29, 1.82) is 0 Å². The Morgan fingerprint density at radius 1 is 1.26 bits per heavy atom. The molecule has 2 N–H and O–H groups in total. The van der Waals surface area contributed by atoms with Gasteiger partial charge >= 0.3 is 6.03 Å². The number of imide groups is 1. The van der Waals surface area contributed by atoms with Crippen molar-refractivity contribution in [3.63, 3.8) is 0 Å². The molecule has 0 spiro atoms. The summed E-state index contributed by atoms with van der Waals surface area (Å²) < 4.78 is 19.0. The van der Waals surface area contributed by atoms with Crippen molar-refractivity contribution in [2.75, 3.05) is 33.4 Å². The summed E-state index contributed by atoms with van der Waals surface area (Å²) in [4.78, 5) is 42.4. The minimum absolute atomic E-state index is 0.140. The van der Waals surface area contributed by atoms with Gasteiger partial charge in [-0.15, -0.1) is 0 Å². The lowest BCUT2D eigenvalue weighted by atomic mass is 9.74. The third-order valence-corrected chi connectivity index (χ3v) is 7.01. The SMILES string of the molecule is COCCN1C(=O)N[C@@](Cc2cccc(F)c2)(C2CCN(C(=O)c3cc(C(C)C)[nH]n3)CC2)C1=O. The Morgan fingerprint density at radius 3 is 2.63 bits per heavy atom. The fourth-order valence-electron chi connectivity index (χ4n) is 5.02. The molecule has 9 nitrogen and oxygen atoms in total. The number of halogens is 1. The highest BCUT2D eigenvalue weighted by atomic mass is 19.1. The molecule has 2 saturated heterocycles. The van der Waals surface area contributed by atoms with Gasteiger partial charge in [0.1, 0.15) is 17.1 Å². The van der Waals surface area contributed by atoms with Crippen molar-refractivity contribution in [2.24, 2.45) is 5.92 Å². The van der Waals surface area contributed by atoms with Crippen LogP contribution in [0.25, 0.3) is 0 Å². The molecule has 0 unspecified atom stereocenters. The molecule has 35 heavy (non-hydrogen) atoms. The number of amides is 4. The zero-order valence-corrected chi connectivity index (χ0v) is 20.3. The number of rotatable bonds is 8. The lowest BCUT2D eigenvalue weighted by molar-refractivity contribution is -0.134. The number of likely N-dealkylation sites (tertiary alicyclic amines) is 1. The average Bonchev–Trinajstić information content (AvgIpc) is 3.42. The van der Waals surface area contributed by atoms with Crippen molar-refractivity contribution in [3.05, 3.63) is 53.1 Å². The normalized spacial score (nSPS) is 21.2. The monoisotopic (exact) mass is 485 g/mol. The van der Waals surface area contributed by atoms with Crippen molar-refractivity contribution in [1.82, 2.24) is 25.3 Å². The fraction of sp³-hybridized carbons (Fsp3) is 0.520. The third kappa shape index (κ3) is 4.93. The lowest BCUT2D eigenvalue weighted by Gasteiger charge is -2.41. The number of hydrogen-bond donors (Lipinski definition) is 2. The maximum absolute atomic E-state index is 13.9. The van der Waals surface area contributed by atoms with Crippen LogP contribution in [0, 0.1) is 11.7 Å². The summed E-state index contributed by atoms with van der Waals surface area (Å²) in [7, 11) is 1.51. The van der Waals surface area contributed by atoms with Gasteiger partial charge in [-0.3, -0.25) is 19.6 Å². The molecule has 10 heteroatoms. The van der Waals surface area contributed by atoms with Gasteiger partial charge in [-0.25, -0.2) is 9.18 Å². The van der Waals surface area contributed by atoms with Crippen molar-refractivity contribution in [3.8, 4) is 0 Å². The van der Waals surface area contributed by atoms with Crippen LogP contribution in [0.1, 0.15) is 54.4 Å². The molecule has 1 aromatic carbocycles. The molecule has 1 atom stereocenters. The van der Waals surface area contributed by atoms with Crippen LogP contribution >= 0.6 is 0 Å². The van der Waals surface area contributed by atoms with Crippen LogP contribution in [0.5, 0.6) is 0 Å². The largest absolute Gasteiger partial charge is 0.383 e. The molecular formula is C25H32FN5O4. The number of nitrogens with zero attached hydrogens (tertiary/aromatic N) is 3. The molecule has 1 aromatic heterocycles. The Labute approximate surface area is 204 Å². The first-order valence-electron chi connectivity index (χ1n) is 12.0. The fourth-order valence-corrected chi connectivity index (χ4v) is 5.02. The second-order valence-corrected chi connectivity index (χ2v) is 9.59. The molecular weight excluding hydrogens is 453 g/mol. The van der Waals surface area contributed by atoms with E-state index in [1.165, 1.54) is 24.1 Å². The lowest BCUT2D eigenvalue weighted by Crippen LogP contribution is -2.58. The molecule has 0 aliphatic carbocycles. The number of urea groups is 1. The predicted molar refractivity (Wildman–Crippen MR) is 126 cm³/mol. The minimum atomic E-state index is -1.20. The molecule has 3 heterocycles. The number of ether oxygens (including phenoxy) is 1. The number of carbonyl (C=O) groups excluding carboxylic acids is 3. The zero-order valence-electron chi connectivity index (χ0n) is 20.3. The van der Waals surface area contributed by atoms with Gasteiger partial charge in [-0.05, 0) is 48.4 Å². The van der Waals surface area contributed by atoms with E-state index < -0.39 is 17.4 Å². The summed E-state index contributed by atoms with van der Waals surface area (Å²) in [5.41, 5.74) is 0.694. The highest BCUT2D eigenvalue weighted by molar-refractivity contribution is 6.07. The summed E-state index contributed by atoms with van der Waals surface area (Å²) >= 11 is 0. The van der Waals surface area contributed by atoms with Gasteiger partial charge in [0.15, 0.2) is 0 Å². The van der Waals surface area contributed by atoms with E-state index in [0.717, 1.165) is 5.69 Å². The van der Waals surface area contributed by atoms with Gasteiger partial charge in [-0.1, -0.05) is 26.0 Å². The highest BCUT2D eigenvalue weighted by Crippen LogP contribution is 2.37. The van der Waals surface area contributed by atoms with E-state index in [4.69, 9.17) is 4.74 Å². The van der Waals surface area contributed by atoms with Crippen LogP contribution in [-0.2, 0) is 16.0 Å². The Balaban J connectivity index is 1.54. The average molecular weight is 486 g/mol. The van der Waals surface area contributed by atoms with Crippen LogP contribution in [0.3, 0.4) is 0 Å². The number of carbonyl (C=O) groups is 3. The van der Waals surface area contributed by atoms with E-state index >= 15 is 0 Å². The molecule has 4 amide bonds. The first kappa shape index (κ1) is 24.8. The number of nitrogens with one attached hydrogen (secondary N) is 2. The van der Waals surface area contributed by atoms with Gasteiger partial charge in [0, 0.05) is 32.3 Å². The van der Waals surface area contributed by atoms with Gasteiger partial charge in [0.05, 0.1) is 13.2 Å². The first-order valence-corrected chi connectivity index (χ1v) is 12.0. The topological polar surface area (TPSA) is 108 Å². The van der Waals surface area contributed by atoms with E-state index in [0.29, 0.717) is 37.2 Å².